The first-order valence-electron chi connectivity index (χ1n) is 4.29. The molecule has 1 aromatic rings. The third-order valence-corrected chi connectivity index (χ3v) is 2.74. The smallest absolute Gasteiger partial charge is 0.150 e. The summed E-state index contributed by atoms with van der Waals surface area (Å²) in [5, 5.41) is 1.19. The van der Waals surface area contributed by atoms with Crippen molar-refractivity contribution in [2.45, 2.75) is 13.3 Å². The average Bonchev–Trinajstić information content (AvgIpc) is 2.11. The van der Waals surface area contributed by atoms with E-state index in [-0.39, 0.29) is 5.15 Å². The van der Waals surface area contributed by atoms with Crippen LogP contribution in [0.25, 0.3) is 0 Å². The molecule has 14 heavy (non-hydrogen) atoms. The van der Waals surface area contributed by atoms with E-state index in [1.54, 1.807) is 6.07 Å². The molecule has 0 aliphatic heterocycles. The van der Waals surface area contributed by atoms with E-state index in [2.05, 4.69) is 11.9 Å². The van der Waals surface area contributed by atoms with E-state index in [9.17, 15) is 0 Å². The molecule has 0 aromatic carbocycles. The Morgan fingerprint density at radius 2 is 1.93 bits per heavy atom. The van der Waals surface area contributed by atoms with Gasteiger partial charge in [-0.1, -0.05) is 41.7 Å². The molecule has 0 aliphatic carbocycles. The molecular formula is C9H11Cl3N2. The second-order valence-corrected chi connectivity index (χ2v) is 4.16. The van der Waals surface area contributed by atoms with E-state index < -0.39 is 0 Å². The predicted molar refractivity (Wildman–Crippen MR) is 62.8 cm³/mol. The number of pyridine rings is 1. The van der Waals surface area contributed by atoms with Crippen molar-refractivity contribution in [3.05, 3.63) is 21.3 Å². The van der Waals surface area contributed by atoms with Gasteiger partial charge >= 0.3 is 0 Å². The number of nitrogens with zero attached hydrogens (tertiary/aromatic N) is 2. The summed E-state index contributed by atoms with van der Waals surface area (Å²) >= 11 is 17.6. The zero-order chi connectivity index (χ0) is 10.7. The van der Waals surface area contributed by atoms with Crippen molar-refractivity contribution in [2.75, 3.05) is 18.5 Å². The van der Waals surface area contributed by atoms with E-state index >= 15 is 0 Å². The molecular weight excluding hydrogens is 242 g/mol. The fraction of sp³-hybridized carbons (Fsp3) is 0.444. The summed E-state index contributed by atoms with van der Waals surface area (Å²) in [6, 6.07) is 1.61. The number of aromatic nitrogens is 1. The van der Waals surface area contributed by atoms with Crippen molar-refractivity contribution in [1.29, 1.82) is 0 Å². The number of anilines is 1. The number of halogens is 3. The molecule has 5 heteroatoms. The largest absolute Gasteiger partial charge is 0.358 e. The molecule has 0 aliphatic rings. The van der Waals surface area contributed by atoms with Crippen LogP contribution in [0, 0.1) is 0 Å². The molecule has 2 nitrogen and oxygen atoms in total. The fourth-order valence-electron chi connectivity index (χ4n) is 1.14. The SMILES string of the molecule is CCCN(C)c1nc(Cl)c(Cl)cc1Cl. The summed E-state index contributed by atoms with van der Waals surface area (Å²) in [7, 11) is 1.92. The summed E-state index contributed by atoms with van der Waals surface area (Å²) in [5.74, 6) is 0.669. The van der Waals surface area contributed by atoms with Crippen molar-refractivity contribution < 1.29 is 0 Å². The highest BCUT2D eigenvalue weighted by Gasteiger charge is 2.10. The summed E-state index contributed by atoms with van der Waals surface area (Å²) in [4.78, 5) is 6.07. The Morgan fingerprint density at radius 1 is 1.29 bits per heavy atom. The highest BCUT2D eigenvalue weighted by atomic mass is 35.5. The van der Waals surface area contributed by atoms with Crippen LogP contribution in [-0.4, -0.2) is 18.6 Å². The fourth-order valence-corrected chi connectivity index (χ4v) is 1.78. The number of rotatable bonds is 3. The molecule has 0 bridgehead atoms. The molecule has 0 fully saturated rings. The van der Waals surface area contributed by atoms with Crippen LogP contribution in [-0.2, 0) is 0 Å². The maximum absolute atomic E-state index is 5.98. The van der Waals surface area contributed by atoms with Gasteiger partial charge in [0, 0.05) is 13.6 Å². The molecule has 78 valence electrons. The second kappa shape index (κ2) is 5.06. The van der Waals surface area contributed by atoms with E-state index in [1.165, 1.54) is 0 Å². The average molecular weight is 254 g/mol. The van der Waals surface area contributed by atoms with Crippen LogP contribution in [0.3, 0.4) is 0 Å². The van der Waals surface area contributed by atoms with E-state index in [0.29, 0.717) is 15.9 Å². The van der Waals surface area contributed by atoms with Gasteiger partial charge < -0.3 is 4.90 Å². The van der Waals surface area contributed by atoms with Gasteiger partial charge in [-0.2, -0.15) is 0 Å². The Kier molecular flexibility index (Phi) is 4.30. The molecule has 0 amide bonds. The molecule has 1 rings (SSSR count). The summed E-state index contributed by atoms with van der Waals surface area (Å²) in [5.41, 5.74) is 0. The minimum Gasteiger partial charge on any atom is -0.358 e. The highest BCUT2D eigenvalue weighted by molar-refractivity contribution is 6.42. The number of hydrogen-bond donors (Lipinski definition) is 0. The van der Waals surface area contributed by atoms with Gasteiger partial charge in [0.25, 0.3) is 0 Å². The predicted octanol–water partition coefficient (Wildman–Crippen LogP) is 3.89. The van der Waals surface area contributed by atoms with Crippen molar-refractivity contribution >= 4 is 40.6 Å². The second-order valence-electron chi connectivity index (χ2n) is 2.99. The van der Waals surface area contributed by atoms with Crippen LogP contribution < -0.4 is 4.90 Å². The van der Waals surface area contributed by atoms with Crippen molar-refractivity contribution in [3.8, 4) is 0 Å². The lowest BCUT2D eigenvalue weighted by Crippen LogP contribution is -2.19. The Bertz CT molecular complexity index is 328. The molecule has 0 unspecified atom stereocenters. The van der Waals surface area contributed by atoms with E-state index in [4.69, 9.17) is 34.8 Å². The Labute approximate surface area is 98.8 Å². The van der Waals surface area contributed by atoms with Gasteiger partial charge in [-0.15, -0.1) is 0 Å². The lowest BCUT2D eigenvalue weighted by molar-refractivity contribution is 0.838. The van der Waals surface area contributed by atoms with Gasteiger partial charge in [0.2, 0.25) is 0 Å². The van der Waals surface area contributed by atoms with Gasteiger partial charge in [-0.25, -0.2) is 4.98 Å². The van der Waals surface area contributed by atoms with Crippen LogP contribution in [0.1, 0.15) is 13.3 Å². The first-order chi connectivity index (χ1) is 6.56. The van der Waals surface area contributed by atoms with Gasteiger partial charge in [-0.3, -0.25) is 0 Å². The Balaban J connectivity index is 3.02. The minimum absolute atomic E-state index is 0.286. The molecule has 0 saturated carbocycles. The molecule has 0 radical (unpaired) electrons. The summed E-state index contributed by atoms with van der Waals surface area (Å²) in [6.45, 7) is 2.96. The quantitative estimate of drug-likeness (QED) is 0.760. The van der Waals surface area contributed by atoms with Gasteiger partial charge in [0.1, 0.15) is 11.0 Å². The molecule has 1 aromatic heterocycles. The lowest BCUT2D eigenvalue weighted by atomic mass is 10.4. The first kappa shape index (κ1) is 11.9. The van der Waals surface area contributed by atoms with Crippen LogP contribution in [0.2, 0.25) is 15.2 Å². The molecule has 0 N–H and O–H groups in total. The zero-order valence-corrected chi connectivity index (χ0v) is 10.3. The first-order valence-corrected chi connectivity index (χ1v) is 5.42. The molecule has 0 spiro atoms. The topological polar surface area (TPSA) is 16.1 Å². The van der Waals surface area contributed by atoms with Crippen molar-refractivity contribution in [1.82, 2.24) is 4.98 Å². The standard InChI is InChI=1S/C9H11Cl3N2/c1-3-4-14(2)9-7(11)5-6(10)8(12)13-9/h5H,3-4H2,1-2H3. The molecule has 0 saturated heterocycles. The van der Waals surface area contributed by atoms with Gasteiger partial charge in [0.05, 0.1) is 10.0 Å². The third kappa shape index (κ3) is 2.66. The Hall–Kier alpha value is -0.180. The normalized spacial score (nSPS) is 10.4. The van der Waals surface area contributed by atoms with Crippen LogP contribution in [0.5, 0.6) is 0 Å². The van der Waals surface area contributed by atoms with Crippen molar-refractivity contribution in [3.63, 3.8) is 0 Å². The molecule has 1 heterocycles. The van der Waals surface area contributed by atoms with Crippen LogP contribution in [0.15, 0.2) is 6.07 Å². The van der Waals surface area contributed by atoms with E-state index in [1.807, 2.05) is 11.9 Å². The minimum atomic E-state index is 0.286. The highest BCUT2D eigenvalue weighted by Crippen LogP contribution is 2.30. The van der Waals surface area contributed by atoms with Crippen LogP contribution >= 0.6 is 34.8 Å². The number of hydrogen-bond acceptors (Lipinski definition) is 2. The summed E-state index contributed by atoms with van der Waals surface area (Å²) in [6.07, 6.45) is 1.02. The summed E-state index contributed by atoms with van der Waals surface area (Å²) < 4.78 is 0. The zero-order valence-electron chi connectivity index (χ0n) is 8.02. The van der Waals surface area contributed by atoms with E-state index in [0.717, 1.165) is 13.0 Å². The monoisotopic (exact) mass is 252 g/mol. The van der Waals surface area contributed by atoms with Crippen LogP contribution in [0.4, 0.5) is 5.82 Å². The lowest BCUT2D eigenvalue weighted by Gasteiger charge is -2.18. The molecule has 0 atom stereocenters. The van der Waals surface area contributed by atoms with Gasteiger partial charge in [-0.05, 0) is 12.5 Å². The van der Waals surface area contributed by atoms with Crippen molar-refractivity contribution in [2.24, 2.45) is 0 Å². The maximum Gasteiger partial charge on any atom is 0.150 e. The maximum atomic E-state index is 5.98. The third-order valence-electron chi connectivity index (χ3n) is 1.79. The van der Waals surface area contributed by atoms with Gasteiger partial charge in [0.15, 0.2) is 0 Å². The Morgan fingerprint density at radius 3 is 2.50 bits per heavy atom.